The lowest BCUT2D eigenvalue weighted by Crippen LogP contribution is -2.40. The van der Waals surface area contributed by atoms with E-state index in [1.807, 2.05) is 11.8 Å². The molecule has 2 aromatic rings. The summed E-state index contributed by atoms with van der Waals surface area (Å²) in [4.78, 5) is 8.38. The van der Waals surface area contributed by atoms with Gasteiger partial charge >= 0.3 is 0 Å². The molecule has 3 rings (SSSR count). The van der Waals surface area contributed by atoms with Crippen LogP contribution < -0.4 is 10.2 Å². The molecule has 0 saturated carbocycles. The van der Waals surface area contributed by atoms with Crippen LogP contribution in [0, 0.1) is 0 Å². The summed E-state index contributed by atoms with van der Waals surface area (Å²) in [7, 11) is 2.21. The highest BCUT2D eigenvalue weighted by atomic mass is 32.2. The molecule has 1 atom stereocenters. The zero-order valence-electron chi connectivity index (χ0n) is 17.4. The molecule has 0 saturated heterocycles. The lowest BCUT2D eigenvalue weighted by atomic mass is 10.1. The summed E-state index contributed by atoms with van der Waals surface area (Å²) in [6, 6.07) is 15.7. The molecular formula is C23H31N3S2. The van der Waals surface area contributed by atoms with Crippen LogP contribution in [0.25, 0.3) is 0 Å². The third-order valence-corrected chi connectivity index (χ3v) is 6.49. The topological polar surface area (TPSA) is 18.5 Å². The molecule has 2 aromatic carbocycles. The van der Waals surface area contributed by atoms with E-state index in [2.05, 4.69) is 85.4 Å². The van der Waals surface area contributed by atoms with Crippen LogP contribution in [0.5, 0.6) is 0 Å². The van der Waals surface area contributed by atoms with Gasteiger partial charge < -0.3 is 15.1 Å². The maximum absolute atomic E-state index is 5.63. The lowest BCUT2D eigenvalue weighted by molar-refractivity contribution is 0.316. The minimum atomic E-state index is 0.366. The second-order valence-corrected chi connectivity index (χ2v) is 8.98. The Bertz CT molecular complexity index is 821. The van der Waals surface area contributed by atoms with Crippen molar-refractivity contribution in [2.24, 2.45) is 0 Å². The van der Waals surface area contributed by atoms with Crippen LogP contribution in [0.2, 0.25) is 0 Å². The summed E-state index contributed by atoms with van der Waals surface area (Å²) in [5.41, 5.74) is 3.66. The van der Waals surface area contributed by atoms with Gasteiger partial charge in [0, 0.05) is 34.5 Å². The van der Waals surface area contributed by atoms with Crippen LogP contribution in [0.3, 0.4) is 0 Å². The first kappa shape index (κ1) is 21.2. The Balaban J connectivity index is 1.97. The van der Waals surface area contributed by atoms with Gasteiger partial charge in [0.25, 0.3) is 0 Å². The molecule has 0 spiro atoms. The number of rotatable bonds is 8. The zero-order valence-corrected chi connectivity index (χ0v) is 19.0. The Labute approximate surface area is 179 Å². The molecule has 0 fully saturated rings. The Morgan fingerprint density at radius 1 is 1.11 bits per heavy atom. The molecule has 0 amide bonds. The van der Waals surface area contributed by atoms with Crippen molar-refractivity contribution in [2.75, 3.05) is 31.6 Å². The fraction of sp³-hybridized carbons (Fsp3) is 0.435. The third kappa shape index (κ3) is 4.70. The van der Waals surface area contributed by atoms with Gasteiger partial charge in [-0.1, -0.05) is 56.0 Å². The minimum absolute atomic E-state index is 0.366. The molecule has 1 N–H and O–H groups in total. The Kier molecular flexibility index (Phi) is 7.38. The van der Waals surface area contributed by atoms with E-state index in [0.717, 1.165) is 36.6 Å². The van der Waals surface area contributed by atoms with Gasteiger partial charge in [0.15, 0.2) is 0 Å². The van der Waals surface area contributed by atoms with Crippen LogP contribution in [0.15, 0.2) is 52.3 Å². The summed E-state index contributed by atoms with van der Waals surface area (Å²) in [6.45, 7) is 9.77. The van der Waals surface area contributed by atoms with Gasteiger partial charge in [0.05, 0.1) is 11.4 Å². The summed E-state index contributed by atoms with van der Waals surface area (Å²) in [5, 5.41) is 3.37. The first-order valence-electron chi connectivity index (χ1n) is 10.2. The first-order valence-corrected chi connectivity index (χ1v) is 11.4. The molecule has 1 aliphatic rings. The molecule has 5 heteroatoms. The highest BCUT2D eigenvalue weighted by Crippen LogP contribution is 2.49. The van der Waals surface area contributed by atoms with Gasteiger partial charge in [-0.05, 0) is 57.6 Å². The number of nitrogens with one attached hydrogen (secondary N) is 1. The number of para-hydroxylation sites is 1. The molecule has 0 aromatic heterocycles. The van der Waals surface area contributed by atoms with E-state index in [0.29, 0.717) is 6.04 Å². The molecule has 0 bridgehead atoms. The van der Waals surface area contributed by atoms with Gasteiger partial charge in [-0.25, -0.2) is 0 Å². The maximum Gasteiger partial charge on any atom is 0.106 e. The summed E-state index contributed by atoms with van der Waals surface area (Å²) < 4.78 is 0. The SMILES string of the molecule is CCCNC(=S)c1ccc2c(c1)N([C@H](C)CN(C)CCC)c1ccccc1S2. The normalized spacial score (nSPS) is 13.8. The van der Waals surface area contributed by atoms with Crippen molar-refractivity contribution in [2.45, 2.75) is 49.4 Å². The van der Waals surface area contributed by atoms with Gasteiger partial charge in [0.1, 0.15) is 4.99 Å². The summed E-state index contributed by atoms with van der Waals surface area (Å²) >= 11 is 7.49. The predicted molar refractivity (Wildman–Crippen MR) is 126 cm³/mol. The second-order valence-electron chi connectivity index (χ2n) is 7.49. The smallest absolute Gasteiger partial charge is 0.106 e. The number of likely N-dealkylation sites (N-methyl/N-ethyl adjacent to an activating group) is 1. The van der Waals surface area contributed by atoms with E-state index >= 15 is 0 Å². The average molecular weight is 414 g/mol. The van der Waals surface area contributed by atoms with Crippen molar-refractivity contribution in [3.8, 4) is 0 Å². The van der Waals surface area contributed by atoms with E-state index in [9.17, 15) is 0 Å². The molecule has 28 heavy (non-hydrogen) atoms. The monoisotopic (exact) mass is 413 g/mol. The third-order valence-electron chi connectivity index (χ3n) is 4.98. The summed E-state index contributed by atoms with van der Waals surface area (Å²) in [5.74, 6) is 0. The molecule has 150 valence electrons. The number of nitrogens with zero attached hydrogens (tertiary/aromatic N) is 2. The minimum Gasteiger partial charge on any atom is -0.376 e. The van der Waals surface area contributed by atoms with E-state index in [4.69, 9.17) is 12.2 Å². The number of hydrogen-bond donors (Lipinski definition) is 1. The van der Waals surface area contributed by atoms with Gasteiger partial charge in [-0.15, -0.1) is 0 Å². The summed E-state index contributed by atoms with van der Waals surface area (Å²) in [6.07, 6.45) is 2.25. The van der Waals surface area contributed by atoms with Crippen molar-refractivity contribution < 1.29 is 0 Å². The largest absolute Gasteiger partial charge is 0.376 e. The molecule has 1 aliphatic heterocycles. The molecule has 1 heterocycles. The second kappa shape index (κ2) is 9.77. The number of benzene rings is 2. The molecule has 0 unspecified atom stereocenters. The average Bonchev–Trinajstić information content (AvgIpc) is 2.69. The maximum atomic E-state index is 5.63. The number of anilines is 2. The van der Waals surface area contributed by atoms with Crippen LogP contribution in [-0.2, 0) is 0 Å². The van der Waals surface area contributed by atoms with Gasteiger partial charge in [-0.2, -0.15) is 0 Å². The Hall–Kier alpha value is -1.56. The van der Waals surface area contributed by atoms with Crippen LogP contribution in [0.1, 0.15) is 39.2 Å². The molecule has 0 aliphatic carbocycles. The predicted octanol–water partition coefficient (Wildman–Crippen LogP) is 5.69. The Morgan fingerprint density at radius 2 is 1.86 bits per heavy atom. The fourth-order valence-electron chi connectivity index (χ4n) is 3.75. The van der Waals surface area contributed by atoms with Crippen molar-refractivity contribution >= 4 is 40.3 Å². The van der Waals surface area contributed by atoms with Crippen LogP contribution in [-0.4, -0.2) is 42.6 Å². The molecule has 0 radical (unpaired) electrons. The van der Waals surface area contributed by atoms with Crippen molar-refractivity contribution in [1.82, 2.24) is 10.2 Å². The number of thiocarbonyl (C=S) groups is 1. The van der Waals surface area contributed by atoms with Crippen LogP contribution >= 0.6 is 24.0 Å². The molecular weight excluding hydrogens is 382 g/mol. The fourth-order valence-corrected chi connectivity index (χ4v) is 5.03. The van der Waals surface area contributed by atoms with Crippen molar-refractivity contribution in [1.29, 1.82) is 0 Å². The lowest BCUT2D eigenvalue weighted by Gasteiger charge is -2.39. The van der Waals surface area contributed by atoms with E-state index in [1.165, 1.54) is 27.6 Å². The van der Waals surface area contributed by atoms with E-state index < -0.39 is 0 Å². The van der Waals surface area contributed by atoms with Crippen molar-refractivity contribution in [3.63, 3.8) is 0 Å². The van der Waals surface area contributed by atoms with Crippen molar-refractivity contribution in [3.05, 3.63) is 48.0 Å². The van der Waals surface area contributed by atoms with E-state index in [1.54, 1.807) is 0 Å². The zero-order chi connectivity index (χ0) is 20.1. The molecule has 3 nitrogen and oxygen atoms in total. The Morgan fingerprint density at radius 3 is 2.61 bits per heavy atom. The quantitative estimate of drug-likeness (QED) is 0.558. The highest BCUT2D eigenvalue weighted by Gasteiger charge is 2.28. The highest BCUT2D eigenvalue weighted by molar-refractivity contribution is 7.99. The standard InChI is InChI=1S/C23H31N3S2/c1-5-13-24-23(27)18-11-12-22-20(15-18)26(17(3)16-25(4)14-6-2)19-9-7-8-10-21(19)28-22/h7-12,15,17H,5-6,13-14,16H2,1-4H3,(H,24,27)/t17-/m1/s1. The first-order chi connectivity index (χ1) is 13.5. The van der Waals surface area contributed by atoms with Gasteiger partial charge in [0.2, 0.25) is 0 Å². The van der Waals surface area contributed by atoms with Gasteiger partial charge in [-0.3, -0.25) is 0 Å². The number of fused-ring (bicyclic) bond motifs is 2. The number of hydrogen-bond acceptors (Lipinski definition) is 4. The van der Waals surface area contributed by atoms with Crippen LogP contribution in [0.4, 0.5) is 11.4 Å². The van der Waals surface area contributed by atoms with E-state index in [-0.39, 0.29) is 0 Å².